The molecule has 8 nitrogen and oxygen atoms in total. The summed E-state index contributed by atoms with van der Waals surface area (Å²) >= 11 is 0. The fourth-order valence-corrected chi connectivity index (χ4v) is 5.05. The Morgan fingerprint density at radius 3 is 2.20 bits per heavy atom. The molecule has 2 aliphatic carbocycles. The molecule has 0 heterocycles. The number of benzene rings is 2. The van der Waals surface area contributed by atoms with Crippen molar-refractivity contribution in [1.82, 2.24) is 10.6 Å². The Balaban J connectivity index is 1.39. The molecular weight excluding hydrogens is 448 g/mol. The fraction of sp³-hybridized carbons (Fsp3) is 0.444. The maximum absolute atomic E-state index is 12.8. The molecule has 0 aliphatic heterocycles. The van der Waals surface area contributed by atoms with Crippen LogP contribution < -0.4 is 10.6 Å². The lowest BCUT2D eigenvalue weighted by Gasteiger charge is -2.27. The lowest BCUT2D eigenvalue weighted by molar-refractivity contribution is -0.156. The number of carbonyl (C=O) groups is 3. The van der Waals surface area contributed by atoms with Gasteiger partial charge in [-0.25, -0.2) is 9.59 Å². The first kappa shape index (κ1) is 24.7. The number of carboxylic acid groups (broad SMARTS) is 1. The summed E-state index contributed by atoms with van der Waals surface area (Å²) in [7, 11) is 0. The van der Waals surface area contributed by atoms with Gasteiger partial charge in [0.25, 0.3) is 0 Å². The number of alkyl carbamates (subject to hydrolysis) is 1. The fourth-order valence-electron chi connectivity index (χ4n) is 5.05. The van der Waals surface area contributed by atoms with Crippen molar-refractivity contribution in [2.45, 2.75) is 56.6 Å². The van der Waals surface area contributed by atoms with E-state index in [1.807, 2.05) is 24.3 Å². The number of nitrogens with one attached hydrogen (secondary N) is 2. The van der Waals surface area contributed by atoms with E-state index in [2.05, 4.69) is 34.9 Å². The monoisotopic (exact) mass is 480 g/mol. The van der Waals surface area contributed by atoms with Crippen LogP contribution in [0.3, 0.4) is 0 Å². The average molecular weight is 481 g/mol. The van der Waals surface area contributed by atoms with Gasteiger partial charge in [-0.2, -0.15) is 0 Å². The first-order valence-electron chi connectivity index (χ1n) is 12.1. The summed E-state index contributed by atoms with van der Waals surface area (Å²) < 4.78 is 5.66. The normalized spacial score (nSPS) is 21.1. The molecule has 4 rings (SSSR count). The van der Waals surface area contributed by atoms with Crippen LogP contribution in [-0.4, -0.2) is 53.0 Å². The van der Waals surface area contributed by atoms with Gasteiger partial charge in [0.2, 0.25) is 5.91 Å². The van der Waals surface area contributed by atoms with Crippen LogP contribution in [0.1, 0.15) is 56.1 Å². The lowest BCUT2D eigenvalue weighted by atomic mass is 9.93. The third-order valence-electron chi connectivity index (χ3n) is 7.07. The van der Waals surface area contributed by atoms with E-state index in [0.717, 1.165) is 48.4 Å². The van der Waals surface area contributed by atoms with Gasteiger partial charge in [0.05, 0.1) is 12.5 Å². The summed E-state index contributed by atoms with van der Waals surface area (Å²) in [5, 5.41) is 24.4. The van der Waals surface area contributed by atoms with Gasteiger partial charge in [-0.05, 0) is 42.0 Å². The van der Waals surface area contributed by atoms with Crippen LogP contribution in [0.5, 0.6) is 0 Å². The Morgan fingerprint density at radius 1 is 0.971 bits per heavy atom. The topological polar surface area (TPSA) is 125 Å². The quantitative estimate of drug-likeness (QED) is 0.450. The Labute approximate surface area is 204 Å². The van der Waals surface area contributed by atoms with Gasteiger partial charge in [-0.3, -0.25) is 4.79 Å². The number of carbonyl (C=O) groups excluding carboxylic acids is 2. The number of ether oxygens (including phenoxy) is 1. The zero-order chi connectivity index (χ0) is 25.0. The minimum absolute atomic E-state index is 0.0559. The van der Waals surface area contributed by atoms with Crippen molar-refractivity contribution < 1.29 is 29.3 Å². The van der Waals surface area contributed by atoms with E-state index in [1.54, 1.807) is 0 Å². The Morgan fingerprint density at radius 2 is 1.57 bits per heavy atom. The molecule has 2 aromatic carbocycles. The van der Waals surface area contributed by atoms with Crippen molar-refractivity contribution >= 4 is 18.0 Å². The molecule has 0 saturated heterocycles. The minimum Gasteiger partial charge on any atom is -0.479 e. The van der Waals surface area contributed by atoms with Crippen LogP contribution in [0, 0.1) is 5.92 Å². The number of aliphatic hydroxyl groups is 1. The number of carboxylic acids is 1. The second-order valence-corrected chi connectivity index (χ2v) is 9.62. The van der Waals surface area contributed by atoms with Crippen molar-refractivity contribution in [3.63, 3.8) is 0 Å². The van der Waals surface area contributed by atoms with E-state index in [4.69, 9.17) is 9.84 Å². The molecule has 1 fully saturated rings. The minimum atomic E-state index is -2.06. The van der Waals surface area contributed by atoms with Gasteiger partial charge < -0.3 is 25.6 Å². The Hall–Kier alpha value is -3.39. The van der Waals surface area contributed by atoms with E-state index in [9.17, 15) is 19.5 Å². The van der Waals surface area contributed by atoms with Gasteiger partial charge in [0, 0.05) is 12.0 Å². The maximum atomic E-state index is 12.8. The first-order valence-corrected chi connectivity index (χ1v) is 12.1. The third kappa shape index (κ3) is 5.48. The lowest BCUT2D eigenvalue weighted by Crippen LogP contribution is -2.51. The zero-order valence-electron chi connectivity index (χ0n) is 19.8. The molecule has 3 unspecified atom stereocenters. The number of fused-ring (bicyclic) bond motifs is 3. The molecule has 186 valence electrons. The SMILES string of the molecule is CC(O)(CNC(=O)C1CCCCCC1NC(=O)OCC1c2ccccc2-c2ccccc21)C(=O)O. The molecule has 0 aromatic heterocycles. The molecule has 2 amide bonds. The molecule has 0 bridgehead atoms. The van der Waals surface area contributed by atoms with Crippen LogP contribution in [0.2, 0.25) is 0 Å². The first-order chi connectivity index (χ1) is 16.8. The molecule has 8 heteroatoms. The van der Waals surface area contributed by atoms with Crippen LogP contribution in [-0.2, 0) is 14.3 Å². The van der Waals surface area contributed by atoms with Crippen LogP contribution >= 0.6 is 0 Å². The van der Waals surface area contributed by atoms with Crippen molar-refractivity contribution in [2.75, 3.05) is 13.2 Å². The Kier molecular flexibility index (Phi) is 7.40. The molecule has 0 spiro atoms. The number of hydrogen-bond acceptors (Lipinski definition) is 5. The highest BCUT2D eigenvalue weighted by molar-refractivity contribution is 5.83. The van der Waals surface area contributed by atoms with Gasteiger partial charge >= 0.3 is 12.1 Å². The van der Waals surface area contributed by atoms with E-state index in [0.29, 0.717) is 12.8 Å². The standard InChI is InChI=1S/C27H32N2O6/c1-27(34,25(31)32)16-28-24(30)21-13-3-2-4-14-23(21)29-26(33)35-15-22-19-11-7-5-9-17(19)18-10-6-8-12-20(18)22/h5-12,21-23,34H,2-4,13-16H2,1H3,(H,28,30)(H,29,33)(H,31,32). The summed E-state index contributed by atoms with van der Waals surface area (Å²) in [6, 6.07) is 15.8. The van der Waals surface area contributed by atoms with E-state index < -0.39 is 36.2 Å². The number of rotatable bonds is 7. The smallest absolute Gasteiger partial charge is 0.407 e. The van der Waals surface area contributed by atoms with Gasteiger partial charge in [-0.15, -0.1) is 0 Å². The summed E-state index contributed by atoms with van der Waals surface area (Å²) in [5.41, 5.74) is 2.48. The predicted octanol–water partition coefficient (Wildman–Crippen LogP) is 3.43. The second kappa shape index (κ2) is 10.5. The van der Waals surface area contributed by atoms with E-state index in [-0.39, 0.29) is 18.4 Å². The van der Waals surface area contributed by atoms with Crippen molar-refractivity contribution in [1.29, 1.82) is 0 Å². The van der Waals surface area contributed by atoms with Gasteiger partial charge in [-0.1, -0.05) is 67.8 Å². The van der Waals surface area contributed by atoms with Crippen LogP contribution in [0.4, 0.5) is 4.79 Å². The van der Waals surface area contributed by atoms with Gasteiger partial charge in [0.1, 0.15) is 6.61 Å². The van der Waals surface area contributed by atoms with Crippen LogP contribution in [0.25, 0.3) is 11.1 Å². The maximum Gasteiger partial charge on any atom is 0.407 e. The summed E-state index contributed by atoms with van der Waals surface area (Å²) in [6.45, 7) is 0.912. The summed E-state index contributed by atoms with van der Waals surface area (Å²) in [6.07, 6.45) is 3.25. The predicted molar refractivity (Wildman–Crippen MR) is 130 cm³/mol. The molecule has 1 saturated carbocycles. The molecule has 4 N–H and O–H groups in total. The molecule has 35 heavy (non-hydrogen) atoms. The number of amides is 2. The van der Waals surface area contributed by atoms with Crippen molar-refractivity contribution in [3.05, 3.63) is 59.7 Å². The summed E-state index contributed by atoms with van der Waals surface area (Å²) in [5.74, 6) is -2.37. The summed E-state index contributed by atoms with van der Waals surface area (Å²) in [4.78, 5) is 36.8. The third-order valence-corrected chi connectivity index (χ3v) is 7.07. The van der Waals surface area contributed by atoms with Gasteiger partial charge in [0.15, 0.2) is 5.60 Å². The molecule has 2 aliphatic rings. The van der Waals surface area contributed by atoms with Crippen molar-refractivity contribution in [3.8, 4) is 11.1 Å². The van der Waals surface area contributed by atoms with E-state index in [1.165, 1.54) is 0 Å². The average Bonchev–Trinajstić information content (AvgIpc) is 2.97. The van der Waals surface area contributed by atoms with Crippen LogP contribution in [0.15, 0.2) is 48.5 Å². The highest BCUT2D eigenvalue weighted by atomic mass is 16.5. The zero-order valence-corrected chi connectivity index (χ0v) is 19.8. The van der Waals surface area contributed by atoms with E-state index >= 15 is 0 Å². The highest BCUT2D eigenvalue weighted by Crippen LogP contribution is 2.44. The largest absolute Gasteiger partial charge is 0.479 e. The van der Waals surface area contributed by atoms with Crippen molar-refractivity contribution in [2.24, 2.45) is 5.92 Å². The molecule has 3 atom stereocenters. The Bertz CT molecular complexity index is 1050. The molecule has 0 radical (unpaired) electrons. The molecular formula is C27H32N2O6. The number of aliphatic carboxylic acids is 1. The number of hydrogen-bond donors (Lipinski definition) is 4. The molecule has 2 aromatic rings. The second-order valence-electron chi connectivity index (χ2n) is 9.62. The highest BCUT2D eigenvalue weighted by Gasteiger charge is 2.35.